The second-order valence-corrected chi connectivity index (χ2v) is 5.56. The molecule has 3 aromatic rings. The molecular formula is C15H12ClF3N4O. The van der Waals surface area contributed by atoms with Gasteiger partial charge in [-0.1, -0.05) is 29.8 Å². The Morgan fingerprint density at radius 1 is 1.17 bits per heavy atom. The summed E-state index contributed by atoms with van der Waals surface area (Å²) >= 11 is 5.76. The van der Waals surface area contributed by atoms with E-state index < -0.39 is 22.9 Å². The summed E-state index contributed by atoms with van der Waals surface area (Å²) in [6.45, 7) is 3.06. The minimum atomic E-state index is -4.63. The van der Waals surface area contributed by atoms with Gasteiger partial charge in [0.15, 0.2) is 5.69 Å². The van der Waals surface area contributed by atoms with Crippen molar-refractivity contribution in [2.75, 3.05) is 0 Å². The highest BCUT2D eigenvalue weighted by atomic mass is 35.5. The molecule has 24 heavy (non-hydrogen) atoms. The Morgan fingerprint density at radius 2 is 1.83 bits per heavy atom. The van der Waals surface area contributed by atoms with E-state index in [1.54, 1.807) is 19.1 Å². The first-order valence-electron chi connectivity index (χ1n) is 6.99. The molecule has 0 aliphatic heterocycles. The predicted octanol–water partition coefficient (Wildman–Crippen LogP) is 4.52. The molecule has 0 amide bonds. The lowest BCUT2D eigenvalue weighted by Crippen LogP contribution is -2.13. The summed E-state index contributed by atoms with van der Waals surface area (Å²) in [4.78, 5) is 0. The molecule has 3 rings (SSSR count). The number of nitrogens with zero attached hydrogens (tertiary/aromatic N) is 4. The molecule has 0 bridgehead atoms. The molecular weight excluding hydrogens is 345 g/mol. The maximum absolute atomic E-state index is 12.9. The van der Waals surface area contributed by atoms with Gasteiger partial charge in [0.1, 0.15) is 6.04 Å². The van der Waals surface area contributed by atoms with Crippen molar-refractivity contribution in [2.45, 2.75) is 26.1 Å². The minimum absolute atomic E-state index is 0.143. The Bertz CT molecular complexity index is 857. The lowest BCUT2D eigenvalue weighted by molar-refractivity contribution is -0.141. The maximum atomic E-state index is 12.9. The Labute approximate surface area is 140 Å². The fourth-order valence-electron chi connectivity index (χ4n) is 2.26. The van der Waals surface area contributed by atoms with Crippen molar-refractivity contribution in [3.8, 4) is 11.5 Å². The Morgan fingerprint density at radius 3 is 2.42 bits per heavy atom. The van der Waals surface area contributed by atoms with Crippen LogP contribution in [0.4, 0.5) is 13.2 Å². The summed E-state index contributed by atoms with van der Waals surface area (Å²) in [5.41, 5.74) is -0.234. The van der Waals surface area contributed by atoms with E-state index in [9.17, 15) is 13.2 Å². The minimum Gasteiger partial charge on any atom is -0.418 e. The second-order valence-electron chi connectivity index (χ2n) is 5.18. The molecule has 1 aromatic carbocycles. The zero-order valence-corrected chi connectivity index (χ0v) is 13.4. The van der Waals surface area contributed by atoms with E-state index in [1.807, 2.05) is 18.2 Å². The van der Waals surface area contributed by atoms with Gasteiger partial charge in [-0.15, -0.1) is 10.2 Å². The van der Waals surface area contributed by atoms with Crippen LogP contribution >= 0.6 is 11.6 Å². The highest BCUT2D eigenvalue weighted by Crippen LogP contribution is 2.37. The van der Waals surface area contributed by atoms with Crippen LogP contribution in [0.15, 0.2) is 34.7 Å². The smallest absolute Gasteiger partial charge is 0.418 e. The summed E-state index contributed by atoms with van der Waals surface area (Å²) in [6, 6.07) is 8.37. The van der Waals surface area contributed by atoms with Crippen LogP contribution in [-0.4, -0.2) is 20.0 Å². The van der Waals surface area contributed by atoms with E-state index in [2.05, 4.69) is 15.3 Å². The third kappa shape index (κ3) is 2.89. The normalized spacial score (nSPS) is 13.2. The van der Waals surface area contributed by atoms with Crippen molar-refractivity contribution < 1.29 is 17.6 Å². The molecule has 0 saturated carbocycles. The molecule has 1 atom stereocenters. The average molecular weight is 357 g/mol. The van der Waals surface area contributed by atoms with E-state index in [1.165, 1.54) is 6.92 Å². The standard InChI is InChI=1S/C15H12ClF3N4O/c1-8-11(16)12(15(17,18)19)22-23(8)9(2)13-20-21-14(24-13)10-6-4-3-5-7-10/h3-7,9H,1-2H3. The number of halogens is 4. The SMILES string of the molecule is Cc1c(Cl)c(C(F)(F)F)nn1C(C)c1nnc(-c2ccccc2)o1. The summed E-state index contributed by atoms with van der Waals surface area (Å²) in [7, 11) is 0. The molecule has 0 saturated heterocycles. The fourth-order valence-corrected chi connectivity index (χ4v) is 2.49. The number of rotatable bonds is 3. The van der Waals surface area contributed by atoms with E-state index in [4.69, 9.17) is 16.0 Å². The van der Waals surface area contributed by atoms with Crippen molar-refractivity contribution in [2.24, 2.45) is 0 Å². The van der Waals surface area contributed by atoms with Crippen molar-refractivity contribution in [3.05, 3.63) is 52.6 Å². The zero-order valence-electron chi connectivity index (χ0n) is 12.7. The van der Waals surface area contributed by atoms with Gasteiger partial charge in [0.25, 0.3) is 0 Å². The molecule has 0 aliphatic carbocycles. The lowest BCUT2D eigenvalue weighted by Gasteiger charge is -2.09. The number of hydrogen-bond donors (Lipinski definition) is 0. The Hall–Kier alpha value is -2.35. The highest BCUT2D eigenvalue weighted by molar-refractivity contribution is 6.31. The van der Waals surface area contributed by atoms with Crippen LogP contribution in [0, 0.1) is 6.92 Å². The molecule has 1 unspecified atom stereocenters. The van der Waals surface area contributed by atoms with Gasteiger partial charge in [0, 0.05) is 5.56 Å². The molecule has 9 heteroatoms. The Balaban J connectivity index is 1.96. The van der Waals surface area contributed by atoms with Crippen LogP contribution in [0.5, 0.6) is 0 Å². The molecule has 126 valence electrons. The van der Waals surface area contributed by atoms with Crippen LogP contribution in [0.2, 0.25) is 5.02 Å². The molecule has 0 radical (unpaired) electrons. The monoisotopic (exact) mass is 356 g/mol. The predicted molar refractivity (Wildman–Crippen MR) is 80.5 cm³/mol. The Kier molecular flexibility index (Phi) is 4.08. The molecule has 0 spiro atoms. The van der Waals surface area contributed by atoms with Crippen LogP contribution in [-0.2, 0) is 6.18 Å². The lowest BCUT2D eigenvalue weighted by atomic mass is 10.2. The molecule has 2 aromatic heterocycles. The summed E-state index contributed by atoms with van der Waals surface area (Å²) in [5, 5.41) is 11.0. The van der Waals surface area contributed by atoms with Crippen molar-refractivity contribution in [3.63, 3.8) is 0 Å². The van der Waals surface area contributed by atoms with Gasteiger partial charge in [-0.3, -0.25) is 4.68 Å². The molecule has 0 aliphatic rings. The van der Waals surface area contributed by atoms with Crippen LogP contribution in [0.3, 0.4) is 0 Å². The molecule has 0 N–H and O–H groups in total. The average Bonchev–Trinajstić information content (AvgIpc) is 3.14. The van der Waals surface area contributed by atoms with Gasteiger partial charge in [0.2, 0.25) is 11.8 Å². The number of hydrogen-bond acceptors (Lipinski definition) is 4. The number of alkyl halides is 3. The summed E-state index contributed by atoms with van der Waals surface area (Å²) in [6.07, 6.45) is -4.63. The van der Waals surface area contributed by atoms with Crippen molar-refractivity contribution >= 4 is 11.6 Å². The van der Waals surface area contributed by atoms with Crippen LogP contribution in [0.25, 0.3) is 11.5 Å². The second kappa shape index (κ2) is 5.94. The first kappa shape index (κ1) is 16.5. The van der Waals surface area contributed by atoms with Crippen LogP contribution < -0.4 is 0 Å². The van der Waals surface area contributed by atoms with Gasteiger partial charge in [-0.2, -0.15) is 18.3 Å². The fraction of sp³-hybridized carbons (Fsp3) is 0.267. The van der Waals surface area contributed by atoms with Gasteiger partial charge in [0.05, 0.1) is 10.7 Å². The van der Waals surface area contributed by atoms with E-state index >= 15 is 0 Å². The number of benzene rings is 1. The topological polar surface area (TPSA) is 56.7 Å². The molecule has 2 heterocycles. The number of aromatic nitrogens is 4. The van der Waals surface area contributed by atoms with Crippen molar-refractivity contribution in [1.82, 2.24) is 20.0 Å². The van der Waals surface area contributed by atoms with E-state index in [-0.39, 0.29) is 17.5 Å². The van der Waals surface area contributed by atoms with E-state index in [0.29, 0.717) is 0 Å². The largest absolute Gasteiger partial charge is 0.436 e. The van der Waals surface area contributed by atoms with Gasteiger partial charge in [-0.05, 0) is 26.0 Å². The van der Waals surface area contributed by atoms with E-state index in [0.717, 1.165) is 10.2 Å². The summed E-state index contributed by atoms with van der Waals surface area (Å²) in [5.74, 6) is 0.425. The van der Waals surface area contributed by atoms with Gasteiger partial charge < -0.3 is 4.42 Å². The third-order valence-electron chi connectivity index (χ3n) is 3.53. The first-order valence-corrected chi connectivity index (χ1v) is 7.37. The third-order valence-corrected chi connectivity index (χ3v) is 3.98. The van der Waals surface area contributed by atoms with Crippen LogP contribution in [0.1, 0.15) is 30.2 Å². The quantitative estimate of drug-likeness (QED) is 0.692. The first-order chi connectivity index (χ1) is 11.3. The maximum Gasteiger partial charge on any atom is 0.436 e. The van der Waals surface area contributed by atoms with Gasteiger partial charge >= 0.3 is 6.18 Å². The molecule has 5 nitrogen and oxygen atoms in total. The zero-order chi connectivity index (χ0) is 17.5. The van der Waals surface area contributed by atoms with Crippen molar-refractivity contribution in [1.29, 1.82) is 0 Å². The summed E-state index contributed by atoms with van der Waals surface area (Å²) < 4.78 is 45.5. The molecule has 0 fully saturated rings. The highest BCUT2D eigenvalue weighted by Gasteiger charge is 2.39. The van der Waals surface area contributed by atoms with Gasteiger partial charge in [-0.25, -0.2) is 0 Å².